The number of ether oxygens (including phenoxy) is 2. The van der Waals surface area contributed by atoms with E-state index in [9.17, 15) is 4.79 Å². The molecule has 148 valence electrons. The topological polar surface area (TPSA) is 73.6 Å². The lowest BCUT2D eigenvalue weighted by Crippen LogP contribution is -2.38. The first-order chi connectivity index (χ1) is 12.0. The molecule has 0 heterocycles. The normalized spacial score (nSPS) is 15.7. The first kappa shape index (κ1) is 22.9. The summed E-state index contributed by atoms with van der Waals surface area (Å²) in [6.07, 6.45) is 6.14. The Hall–Kier alpha value is -1.17. The van der Waals surface area contributed by atoms with Gasteiger partial charge in [0.2, 0.25) is 5.91 Å². The van der Waals surface area contributed by atoms with E-state index in [-0.39, 0.29) is 23.7 Å². The summed E-state index contributed by atoms with van der Waals surface area (Å²) in [5.41, 5.74) is 6.82. The van der Waals surface area contributed by atoms with Crippen LogP contribution in [0.5, 0.6) is 11.5 Å². The van der Waals surface area contributed by atoms with Crippen molar-refractivity contribution in [3.05, 3.63) is 22.7 Å². The molecule has 26 heavy (non-hydrogen) atoms. The summed E-state index contributed by atoms with van der Waals surface area (Å²) >= 11 is 6.27. The Labute approximate surface area is 167 Å². The van der Waals surface area contributed by atoms with Crippen LogP contribution in [-0.4, -0.2) is 26.2 Å². The molecular weight excluding hydrogens is 375 g/mol. The van der Waals surface area contributed by atoms with Crippen LogP contribution in [0.25, 0.3) is 0 Å². The maximum Gasteiger partial charge on any atom is 0.220 e. The minimum atomic E-state index is -0.0313. The highest BCUT2D eigenvalue weighted by Crippen LogP contribution is 2.38. The third-order valence-electron chi connectivity index (χ3n) is 4.95. The smallest absolute Gasteiger partial charge is 0.220 e. The average molecular weight is 405 g/mol. The molecule has 2 rings (SSSR count). The fourth-order valence-corrected chi connectivity index (χ4v) is 3.81. The number of methoxy groups -OCH3 is 1. The van der Waals surface area contributed by atoms with Gasteiger partial charge in [-0.1, -0.05) is 30.9 Å². The zero-order valence-electron chi connectivity index (χ0n) is 15.6. The number of nitrogens with one attached hydrogen (secondary N) is 1. The number of amides is 1. The number of hydrogen-bond acceptors (Lipinski definition) is 4. The first-order valence-corrected chi connectivity index (χ1v) is 9.37. The third kappa shape index (κ3) is 5.93. The molecule has 0 atom stereocenters. The van der Waals surface area contributed by atoms with E-state index in [0.717, 1.165) is 31.2 Å². The fraction of sp³-hybridized carbons (Fsp3) is 0.632. The highest BCUT2D eigenvalue weighted by Gasteiger charge is 2.32. The first-order valence-electron chi connectivity index (χ1n) is 8.99. The highest BCUT2D eigenvalue weighted by atomic mass is 35.5. The zero-order chi connectivity index (χ0) is 18.3. The minimum Gasteiger partial charge on any atom is -0.493 e. The fourth-order valence-electron chi connectivity index (χ4n) is 3.52. The lowest BCUT2D eigenvalue weighted by molar-refractivity contribution is -0.124. The monoisotopic (exact) mass is 404 g/mol. The van der Waals surface area contributed by atoms with E-state index < -0.39 is 0 Å². The van der Waals surface area contributed by atoms with Gasteiger partial charge in [-0.15, -0.1) is 12.4 Å². The van der Waals surface area contributed by atoms with E-state index >= 15 is 0 Å². The third-order valence-corrected chi connectivity index (χ3v) is 5.23. The molecule has 0 aliphatic heterocycles. The average Bonchev–Trinajstić information content (AvgIpc) is 2.62. The van der Waals surface area contributed by atoms with E-state index in [1.165, 1.54) is 6.42 Å². The van der Waals surface area contributed by atoms with Crippen molar-refractivity contribution < 1.29 is 14.3 Å². The van der Waals surface area contributed by atoms with Crippen molar-refractivity contribution in [3.63, 3.8) is 0 Å². The molecule has 0 aromatic heterocycles. The standard InChI is InChI=1S/C19H29ClN2O3.ClH/c1-3-25-18-15(20)9-14(10-16(18)24-2)12-22-17(23)11-19(13-21)7-5-4-6-8-19;/h9-10H,3-8,11-13,21H2,1-2H3,(H,22,23);1H. The molecule has 1 saturated carbocycles. The molecule has 1 aromatic rings. The lowest BCUT2D eigenvalue weighted by atomic mass is 9.71. The molecule has 0 spiro atoms. The van der Waals surface area contributed by atoms with Gasteiger partial charge in [-0.2, -0.15) is 0 Å². The number of rotatable bonds is 8. The summed E-state index contributed by atoms with van der Waals surface area (Å²) in [7, 11) is 1.57. The molecule has 0 saturated heterocycles. The van der Waals surface area contributed by atoms with Crippen molar-refractivity contribution >= 4 is 29.9 Å². The van der Waals surface area contributed by atoms with Crippen molar-refractivity contribution in [1.29, 1.82) is 0 Å². The predicted octanol–water partition coefficient (Wildman–Crippen LogP) is 4.08. The van der Waals surface area contributed by atoms with Gasteiger partial charge in [0.25, 0.3) is 0 Å². The molecule has 0 unspecified atom stereocenters. The Balaban J connectivity index is 0.00000338. The van der Waals surface area contributed by atoms with Crippen LogP contribution in [0.1, 0.15) is 51.0 Å². The molecular formula is C19H30Cl2N2O3. The number of carbonyl (C=O) groups excluding carboxylic acids is 1. The lowest BCUT2D eigenvalue weighted by Gasteiger charge is -2.35. The molecule has 1 fully saturated rings. The van der Waals surface area contributed by atoms with E-state index in [1.807, 2.05) is 13.0 Å². The summed E-state index contributed by atoms with van der Waals surface area (Å²) in [6, 6.07) is 3.64. The molecule has 5 nitrogen and oxygen atoms in total. The molecule has 0 bridgehead atoms. The van der Waals surface area contributed by atoms with Crippen LogP contribution >= 0.6 is 24.0 Å². The van der Waals surface area contributed by atoms with Gasteiger partial charge in [0.1, 0.15) is 0 Å². The molecule has 3 N–H and O–H groups in total. The summed E-state index contributed by atoms with van der Waals surface area (Å²) < 4.78 is 10.9. The van der Waals surface area contributed by atoms with Crippen molar-refractivity contribution in [2.24, 2.45) is 11.1 Å². The van der Waals surface area contributed by atoms with Crippen LogP contribution in [0.15, 0.2) is 12.1 Å². The molecule has 1 aliphatic rings. The Morgan fingerprint density at radius 3 is 2.58 bits per heavy atom. The number of nitrogens with two attached hydrogens (primary N) is 1. The summed E-state index contributed by atoms with van der Waals surface area (Å²) in [4.78, 5) is 12.4. The van der Waals surface area contributed by atoms with Gasteiger partial charge >= 0.3 is 0 Å². The van der Waals surface area contributed by atoms with Crippen molar-refractivity contribution in [2.45, 2.75) is 52.0 Å². The van der Waals surface area contributed by atoms with Crippen molar-refractivity contribution in [1.82, 2.24) is 5.32 Å². The predicted molar refractivity (Wildman–Crippen MR) is 107 cm³/mol. The number of benzene rings is 1. The Morgan fingerprint density at radius 2 is 2.00 bits per heavy atom. The number of halogens is 2. The summed E-state index contributed by atoms with van der Waals surface area (Å²) in [6.45, 7) is 3.38. The second-order valence-corrected chi connectivity index (χ2v) is 7.17. The summed E-state index contributed by atoms with van der Waals surface area (Å²) in [5, 5.41) is 3.47. The van der Waals surface area contributed by atoms with Crippen LogP contribution in [0, 0.1) is 5.41 Å². The van der Waals surface area contributed by atoms with Crippen LogP contribution in [0.4, 0.5) is 0 Å². The van der Waals surface area contributed by atoms with E-state index in [0.29, 0.717) is 42.6 Å². The maximum absolute atomic E-state index is 12.4. The van der Waals surface area contributed by atoms with Crippen LogP contribution in [-0.2, 0) is 11.3 Å². The largest absolute Gasteiger partial charge is 0.493 e. The van der Waals surface area contributed by atoms with Gasteiger partial charge in [-0.3, -0.25) is 4.79 Å². The van der Waals surface area contributed by atoms with Gasteiger partial charge in [-0.05, 0) is 49.4 Å². The second kappa shape index (κ2) is 10.9. The van der Waals surface area contributed by atoms with Crippen molar-refractivity contribution in [3.8, 4) is 11.5 Å². The Morgan fingerprint density at radius 1 is 1.31 bits per heavy atom. The van der Waals surface area contributed by atoms with Gasteiger partial charge in [0, 0.05) is 13.0 Å². The Bertz CT molecular complexity index is 590. The molecule has 7 heteroatoms. The van der Waals surface area contributed by atoms with Gasteiger partial charge in [-0.25, -0.2) is 0 Å². The van der Waals surface area contributed by atoms with Crippen LogP contribution in [0.3, 0.4) is 0 Å². The van der Waals surface area contributed by atoms with E-state index in [4.69, 9.17) is 26.8 Å². The SMILES string of the molecule is CCOc1c(Cl)cc(CNC(=O)CC2(CN)CCCCC2)cc1OC.Cl. The number of carbonyl (C=O) groups is 1. The van der Waals surface area contributed by atoms with Crippen molar-refractivity contribution in [2.75, 3.05) is 20.3 Å². The van der Waals surface area contributed by atoms with E-state index in [1.54, 1.807) is 13.2 Å². The molecule has 1 aliphatic carbocycles. The minimum absolute atomic E-state index is 0. The maximum atomic E-state index is 12.4. The molecule has 0 radical (unpaired) electrons. The molecule has 1 aromatic carbocycles. The Kier molecular flexibility index (Phi) is 9.55. The zero-order valence-corrected chi connectivity index (χ0v) is 17.2. The van der Waals surface area contributed by atoms with E-state index in [2.05, 4.69) is 5.32 Å². The second-order valence-electron chi connectivity index (χ2n) is 6.76. The van der Waals surface area contributed by atoms with Gasteiger partial charge in [0.15, 0.2) is 11.5 Å². The van der Waals surface area contributed by atoms with Crippen LogP contribution in [0.2, 0.25) is 5.02 Å². The highest BCUT2D eigenvalue weighted by molar-refractivity contribution is 6.32. The van der Waals surface area contributed by atoms with Crippen LogP contribution < -0.4 is 20.5 Å². The summed E-state index contributed by atoms with van der Waals surface area (Å²) in [5.74, 6) is 1.15. The number of hydrogen-bond donors (Lipinski definition) is 2. The molecule has 1 amide bonds. The van der Waals surface area contributed by atoms with Gasteiger partial charge in [0.05, 0.1) is 18.7 Å². The quantitative estimate of drug-likeness (QED) is 0.684. The van der Waals surface area contributed by atoms with Gasteiger partial charge < -0.3 is 20.5 Å².